The smallest absolute Gasteiger partial charge is 0.454 e. The number of ketones is 1. The summed E-state index contributed by atoms with van der Waals surface area (Å²) < 4.78 is 120. The molecule has 0 amide bonds. The standard InChI is InChI=1S/C28H18F9N3O3S2/c29-26(30,31)15-40(45-18-9-5-16(6-10-18)24(43)28(35,36)37)22-13-38-25(21-4-2-1-3-20(21)22)39(14-23(41)42)44-19-11-7-17(8-12-19)27(32,33)34/h1-13H,14-15H2,(H,41,42). The van der Waals surface area contributed by atoms with Crippen LogP contribution in [0.2, 0.25) is 0 Å². The average Bonchev–Trinajstić information content (AvgIpc) is 2.94. The van der Waals surface area contributed by atoms with Gasteiger partial charge < -0.3 is 9.41 Å². The molecule has 45 heavy (non-hydrogen) atoms. The number of aromatic nitrogens is 1. The number of carbonyl (C=O) groups is 2. The topological polar surface area (TPSA) is 73.7 Å². The summed E-state index contributed by atoms with van der Waals surface area (Å²) in [5.74, 6) is -3.45. The van der Waals surface area contributed by atoms with E-state index in [1.807, 2.05) is 0 Å². The Hall–Kier alpha value is -4.12. The van der Waals surface area contributed by atoms with E-state index in [-0.39, 0.29) is 32.1 Å². The largest absolute Gasteiger partial charge is 0.480 e. The zero-order chi connectivity index (χ0) is 33.2. The van der Waals surface area contributed by atoms with Gasteiger partial charge in [0.15, 0.2) is 0 Å². The number of fused-ring (bicyclic) bond motifs is 1. The molecular weight excluding hydrogens is 661 g/mol. The third kappa shape index (κ3) is 8.75. The highest BCUT2D eigenvalue weighted by Gasteiger charge is 2.39. The summed E-state index contributed by atoms with van der Waals surface area (Å²) in [5.41, 5.74) is -1.70. The van der Waals surface area contributed by atoms with Gasteiger partial charge in [0.05, 0.1) is 17.4 Å². The Morgan fingerprint density at radius 2 is 1.27 bits per heavy atom. The van der Waals surface area contributed by atoms with E-state index in [0.29, 0.717) is 11.9 Å². The van der Waals surface area contributed by atoms with Crippen LogP contribution in [0.4, 0.5) is 51.0 Å². The van der Waals surface area contributed by atoms with Crippen LogP contribution in [0.15, 0.2) is 88.8 Å². The fourth-order valence-electron chi connectivity index (χ4n) is 3.95. The number of Topliss-reactive ketones (excluding diaryl/α,β-unsaturated/α-hetero) is 1. The molecule has 3 aromatic carbocycles. The number of carboxylic acid groups (broad SMARTS) is 1. The van der Waals surface area contributed by atoms with Gasteiger partial charge in [-0.3, -0.25) is 13.9 Å². The Morgan fingerprint density at radius 3 is 1.78 bits per heavy atom. The van der Waals surface area contributed by atoms with E-state index < -0.39 is 54.5 Å². The number of benzene rings is 3. The van der Waals surface area contributed by atoms with Crippen molar-refractivity contribution in [3.63, 3.8) is 0 Å². The van der Waals surface area contributed by atoms with Crippen LogP contribution in [-0.2, 0) is 11.0 Å². The number of alkyl halides is 9. The van der Waals surface area contributed by atoms with Crippen LogP contribution >= 0.6 is 23.9 Å². The molecule has 1 N–H and O–H groups in total. The summed E-state index contributed by atoms with van der Waals surface area (Å²) in [6.45, 7) is -2.23. The number of nitrogens with zero attached hydrogens (tertiary/aromatic N) is 3. The molecule has 0 aliphatic heterocycles. The quantitative estimate of drug-likeness (QED) is 0.101. The van der Waals surface area contributed by atoms with E-state index in [4.69, 9.17) is 0 Å². The van der Waals surface area contributed by atoms with Crippen molar-refractivity contribution in [2.75, 3.05) is 21.7 Å². The van der Waals surface area contributed by atoms with Crippen molar-refractivity contribution in [3.05, 3.63) is 90.1 Å². The van der Waals surface area contributed by atoms with E-state index in [2.05, 4.69) is 4.98 Å². The summed E-state index contributed by atoms with van der Waals surface area (Å²) in [5, 5.41) is 9.92. The maximum absolute atomic E-state index is 13.7. The molecule has 0 aliphatic rings. The van der Waals surface area contributed by atoms with Gasteiger partial charge in [0, 0.05) is 26.1 Å². The van der Waals surface area contributed by atoms with Gasteiger partial charge in [-0.25, -0.2) is 4.98 Å². The van der Waals surface area contributed by atoms with Crippen LogP contribution in [0.1, 0.15) is 15.9 Å². The molecular formula is C28H18F9N3O3S2. The first-order valence-corrected chi connectivity index (χ1v) is 13.9. The molecule has 0 spiro atoms. The van der Waals surface area contributed by atoms with Crippen molar-refractivity contribution in [1.82, 2.24) is 4.98 Å². The molecule has 0 saturated carbocycles. The fourth-order valence-corrected chi connectivity index (χ4v) is 5.84. The molecule has 4 rings (SSSR count). The minimum absolute atomic E-state index is 0.00591. The predicted octanol–water partition coefficient (Wildman–Crippen LogP) is 8.67. The minimum atomic E-state index is -5.14. The van der Waals surface area contributed by atoms with Gasteiger partial charge in [0.25, 0.3) is 5.78 Å². The molecule has 0 saturated heterocycles. The lowest BCUT2D eigenvalue weighted by Crippen LogP contribution is -2.29. The van der Waals surface area contributed by atoms with E-state index in [1.165, 1.54) is 24.3 Å². The normalized spacial score (nSPS) is 12.3. The van der Waals surface area contributed by atoms with E-state index in [0.717, 1.165) is 75.3 Å². The molecule has 4 aromatic rings. The van der Waals surface area contributed by atoms with Crippen molar-refractivity contribution < 1.29 is 54.2 Å². The van der Waals surface area contributed by atoms with Crippen LogP contribution in [0.3, 0.4) is 0 Å². The number of hydrogen-bond donors (Lipinski definition) is 1. The van der Waals surface area contributed by atoms with Crippen molar-refractivity contribution in [3.8, 4) is 0 Å². The van der Waals surface area contributed by atoms with Crippen molar-refractivity contribution >= 4 is 57.9 Å². The number of carboxylic acids is 1. The number of aliphatic carboxylic acids is 1. The van der Waals surface area contributed by atoms with Crippen LogP contribution in [0.5, 0.6) is 0 Å². The van der Waals surface area contributed by atoms with Gasteiger partial charge in [-0.1, -0.05) is 24.3 Å². The highest BCUT2D eigenvalue weighted by molar-refractivity contribution is 8.01. The Kier molecular flexibility index (Phi) is 9.82. The van der Waals surface area contributed by atoms with E-state index >= 15 is 0 Å². The summed E-state index contributed by atoms with van der Waals surface area (Å²) in [6, 6.07) is 13.6. The van der Waals surface area contributed by atoms with E-state index in [9.17, 15) is 54.2 Å². The lowest BCUT2D eigenvalue weighted by molar-refractivity contribution is -0.137. The van der Waals surface area contributed by atoms with Gasteiger partial charge in [0.1, 0.15) is 18.9 Å². The first-order chi connectivity index (χ1) is 20.9. The number of anilines is 2. The second-order valence-corrected chi connectivity index (χ2v) is 11.3. The number of hydrogen-bond acceptors (Lipinski definition) is 7. The molecule has 238 valence electrons. The van der Waals surface area contributed by atoms with Crippen LogP contribution in [-0.4, -0.2) is 47.3 Å². The number of carbonyl (C=O) groups excluding carboxylic acids is 1. The van der Waals surface area contributed by atoms with Crippen molar-refractivity contribution in [2.24, 2.45) is 0 Å². The lowest BCUT2D eigenvalue weighted by atomic mass is 10.1. The van der Waals surface area contributed by atoms with Gasteiger partial charge in [-0.15, -0.1) is 0 Å². The van der Waals surface area contributed by atoms with Crippen molar-refractivity contribution in [1.29, 1.82) is 0 Å². The fraction of sp³-hybridized carbons (Fsp3) is 0.179. The summed E-state index contributed by atoms with van der Waals surface area (Å²) in [7, 11) is 0. The maximum atomic E-state index is 13.7. The molecule has 0 fully saturated rings. The Balaban J connectivity index is 1.73. The van der Waals surface area contributed by atoms with E-state index in [1.54, 1.807) is 0 Å². The highest BCUT2D eigenvalue weighted by atomic mass is 32.2. The zero-order valence-corrected chi connectivity index (χ0v) is 23.9. The zero-order valence-electron chi connectivity index (χ0n) is 22.2. The molecule has 0 radical (unpaired) electrons. The van der Waals surface area contributed by atoms with Gasteiger partial charge in [0.2, 0.25) is 0 Å². The molecule has 1 heterocycles. The summed E-state index contributed by atoms with van der Waals surface area (Å²) in [6.07, 6.45) is -13.4. The number of pyridine rings is 1. The summed E-state index contributed by atoms with van der Waals surface area (Å²) in [4.78, 5) is 27.7. The second kappa shape index (κ2) is 13.1. The molecule has 6 nitrogen and oxygen atoms in total. The molecule has 1 aromatic heterocycles. The first-order valence-electron chi connectivity index (χ1n) is 12.4. The second-order valence-electron chi connectivity index (χ2n) is 9.15. The average molecular weight is 680 g/mol. The van der Waals surface area contributed by atoms with Crippen molar-refractivity contribution in [2.45, 2.75) is 28.3 Å². The van der Waals surface area contributed by atoms with Gasteiger partial charge >= 0.3 is 24.5 Å². The maximum Gasteiger partial charge on any atom is 0.454 e. The van der Waals surface area contributed by atoms with Gasteiger partial charge in [-0.05, 0) is 72.4 Å². The Labute approximate surface area is 257 Å². The summed E-state index contributed by atoms with van der Waals surface area (Å²) >= 11 is 1.27. The van der Waals surface area contributed by atoms with Crippen LogP contribution in [0, 0.1) is 0 Å². The third-order valence-corrected chi connectivity index (χ3v) is 7.88. The third-order valence-electron chi connectivity index (χ3n) is 5.85. The SMILES string of the molecule is O=C(O)CN(Sc1ccc(C(F)(F)F)cc1)c1ncc(N(CC(F)(F)F)Sc2ccc(C(=O)C(F)(F)F)cc2)c2ccccc12. The monoisotopic (exact) mass is 679 g/mol. The van der Waals surface area contributed by atoms with Crippen LogP contribution in [0.25, 0.3) is 10.8 Å². The van der Waals surface area contributed by atoms with Crippen LogP contribution < -0.4 is 8.61 Å². The first kappa shape index (κ1) is 33.8. The number of rotatable bonds is 10. The molecule has 0 bridgehead atoms. The Morgan fingerprint density at radius 1 is 0.733 bits per heavy atom. The minimum Gasteiger partial charge on any atom is -0.480 e. The predicted molar refractivity (Wildman–Crippen MR) is 150 cm³/mol. The van der Waals surface area contributed by atoms with Gasteiger partial charge in [-0.2, -0.15) is 39.5 Å². The lowest BCUT2D eigenvalue weighted by Gasteiger charge is -2.28. The molecule has 0 atom stereocenters. The Bertz CT molecular complexity index is 1680. The molecule has 17 heteroatoms. The molecule has 0 aliphatic carbocycles. The highest BCUT2D eigenvalue weighted by Crippen LogP contribution is 2.41. The number of halogens is 9. The molecule has 0 unspecified atom stereocenters.